The molecule has 1 rings (SSSR count). The molecule has 0 aromatic heterocycles. The fourth-order valence-corrected chi connectivity index (χ4v) is 1.43. The summed E-state index contributed by atoms with van der Waals surface area (Å²) in [6.07, 6.45) is 2.58. The van der Waals surface area contributed by atoms with Gasteiger partial charge in [0.1, 0.15) is 0 Å². The first-order chi connectivity index (χ1) is 5.92. The lowest BCUT2D eigenvalue weighted by atomic mass is 9.90. The largest absolute Gasteiger partial charge is 0.341 e. The minimum Gasteiger partial charge on any atom is -0.341 e. The van der Waals surface area contributed by atoms with Crippen LogP contribution in [0.5, 0.6) is 0 Å². The van der Waals surface area contributed by atoms with Gasteiger partial charge in [-0.2, -0.15) is 0 Å². The molecule has 74 valence electrons. The topological polar surface area (TPSA) is 20.3 Å². The van der Waals surface area contributed by atoms with E-state index in [0.29, 0.717) is 12.3 Å². The van der Waals surface area contributed by atoms with Crippen molar-refractivity contribution in [1.29, 1.82) is 0 Å². The van der Waals surface area contributed by atoms with Crippen LogP contribution in [0.3, 0.4) is 0 Å². The summed E-state index contributed by atoms with van der Waals surface area (Å²) >= 11 is 0. The van der Waals surface area contributed by atoms with Gasteiger partial charge in [0.25, 0.3) is 0 Å². The molecule has 0 aromatic rings. The normalized spacial score (nSPS) is 18.2. The van der Waals surface area contributed by atoms with E-state index in [0.717, 1.165) is 13.1 Å². The average Bonchev–Trinajstić information content (AvgIpc) is 1.79. The van der Waals surface area contributed by atoms with E-state index in [1.165, 1.54) is 0 Å². The number of hydrogen-bond donors (Lipinski definition) is 0. The summed E-state index contributed by atoms with van der Waals surface area (Å²) in [5.74, 6) is 0.814. The number of hydrogen-bond acceptors (Lipinski definition) is 1. The fraction of sp³-hybridized carbons (Fsp3) is 0.727. The summed E-state index contributed by atoms with van der Waals surface area (Å²) in [6.45, 7) is 11.7. The van der Waals surface area contributed by atoms with Crippen LogP contribution < -0.4 is 0 Å². The van der Waals surface area contributed by atoms with Gasteiger partial charge in [-0.25, -0.2) is 0 Å². The van der Waals surface area contributed by atoms with Gasteiger partial charge in [-0.1, -0.05) is 26.8 Å². The molecule has 0 unspecified atom stereocenters. The lowest BCUT2D eigenvalue weighted by Crippen LogP contribution is -2.49. The van der Waals surface area contributed by atoms with Gasteiger partial charge in [0.15, 0.2) is 0 Å². The van der Waals surface area contributed by atoms with Crippen molar-refractivity contribution in [2.45, 2.75) is 27.2 Å². The summed E-state index contributed by atoms with van der Waals surface area (Å²) in [5.41, 5.74) is 0.107. The lowest BCUT2D eigenvalue weighted by Gasteiger charge is -2.39. The van der Waals surface area contributed by atoms with Crippen molar-refractivity contribution in [3.63, 3.8) is 0 Å². The Labute approximate surface area is 80.6 Å². The van der Waals surface area contributed by atoms with Crippen molar-refractivity contribution in [1.82, 2.24) is 4.90 Å². The van der Waals surface area contributed by atoms with Crippen molar-refractivity contribution in [3.8, 4) is 0 Å². The van der Waals surface area contributed by atoms with E-state index >= 15 is 0 Å². The lowest BCUT2D eigenvalue weighted by molar-refractivity contribution is -0.138. The summed E-state index contributed by atoms with van der Waals surface area (Å²) in [7, 11) is 0. The molecule has 1 aliphatic rings. The van der Waals surface area contributed by atoms with E-state index < -0.39 is 0 Å². The van der Waals surface area contributed by atoms with Crippen LogP contribution in [0.15, 0.2) is 12.7 Å². The molecule has 0 N–H and O–H groups in total. The van der Waals surface area contributed by atoms with Crippen LogP contribution in [0.4, 0.5) is 0 Å². The SMILES string of the molecule is C=CC1CN(C(=O)CC(C)(C)C)C1. The van der Waals surface area contributed by atoms with Gasteiger partial charge < -0.3 is 4.90 Å². The first-order valence-corrected chi connectivity index (χ1v) is 4.83. The molecule has 0 spiro atoms. The Bertz CT molecular complexity index is 209. The smallest absolute Gasteiger partial charge is 0.223 e. The van der Waals surface area contributed by atoms with Crippen LogP contribution in [0, 0.1) is 11.3 Å². The molecule has 0 bridgehead atoms. The molecule has 2 nitrogen and oxygen atoms in total. The van der Waals surface area contributed by atoms with Crippen molar-refractivity contribution in [3.05, 3.63) is 12.7 Å². The third-order valence-corrected chi connectivity index (χ3v) is 2.28. The molecule has 2 heteroatoms. The zero-order valence-corrected chi connectivity index (χ0v) is 8.84. The first-order valence-electron chi connectivity index (χ1n) is 4.83. The van der Waals surface area contributed by atoms with E-state index in [9.17, 15) is 4.79 Å². The van der Waals surface area contributed by atoms with Gasteiger partial charge in [-0.05, 0) is 5.41 Å². The quantitative estimate of drug-likeness (QED) is 0.597. The first kappa shape index (κ1) is 10.3. The predicted octanol–water partition coefficient (Wildman–Crippen LogP) is 2.07. The molecule has 0 atom stereocenters. The predicted molar refractivity (Wildman–Crippen MR) is 54.3 cm³/mol. The van der Waals surface area contributed by atoms with Gasteiger partial charge in [-0.15, -0.1) is 6.58 Å². The number of rotatable bonds is 2. The Morgan fingerprint density at radius 2 is 2.08 bits per heavy atom. The second-order valence-electron chi connectivity index (χ2n) is 5.03. The van der Waals surface area contributed by atoms with E-state index in [1.54, 1.807) is 0 Å². The van der Waals surface area contributed by atoms with Crippen molar-refractivity contribution < 1.29 is 4.79 Å². The van der Waals surface area contributed by atoms with Gasteiger partial charge in [0.2, 0.25) is 5.91 Å². The Hall–Kier alpha value is -0.790. The standard InChI is InChI=1S/C11H19NO/c1-5-9-7-12(8-9)10(13)6-11(2,3)4/h5,9H,1,6-8H2,2-4H3. The van der Waals surface area contributed by atoms with E-state index in [-0.39, 0.29) is 11.3 Å². The summed E-state index contributed by atoms with van der Waals surface area (Å²) in [6, 6.07) is 0. The van der Waals surface area contributed by atoms with E-state index in [2.05, 4.69) is 27.4 Å². The Balaban J connectivity index is 2.31. The Morgan fingerprint density at radius 1 is 1.54 bits per heavy atom. The number of likely N-dealkylation sites (tertiary alicyclic amines) is 1. The summed E-state index contributed by atoms with van der Waals surface area (Å²) in [5, 5.41) is 0. The maximum atomic E-state index is 11.6. The van der Waals surface area contributed by atoms with Gasteiger partial charge in [0, 0.05) is 25.4 Å². The maximum absolute atomic E-state index is 11.6. The molecule has 0 radical (unpaired) electrons. The maximum Gasteiger partial charge on any atom is 0.223 e. The minimum atomic E-state index is 0.107. The van der Waals surface area contributed by atoms with Crippen molar-refractivity contribution >= 4 is 5.91 Å². The van der Waals surface area contributed by atoms with Crippen LogP contribution in [0.25, 0.3) is 0 Å². The van der Waals surface area contributed by atoms with Crippen LogP contribution in [-0.2, 0) is 4.79 Å². The number of nitrogens with zero attached hydrogens (tertiary/aromatic N) is 1. The Kier molecular flexibility index (Phi) is 2.79. The molecule has 0 saturated carbocycles. The fourth-order valence-electron chi connectivity index (χ4n) is 1.43. The second-order valence-corrected chi connectivity index (χ2v) is 5.03. The van der Waals surface area contributed by atoms with Crippen LogP contribution in [0.2, 0.25) is 0 Å². The highest BCUT2D eigenvalue weighted by atomic mass is 16.2. The van der Waals surface area contributed by atoms with Crippen molar-refractivity contribution in [2.24, 2.45) is 11.3 Å². The highest BCUT2D eigenvalue weighted by Gasteiger charge is 2.30. The molecular formula is C11H19NO. The number of carbonyl (C=O) groups is 1. The third-order valence-electron chi connectivity index (χ3n) is 2.28. The van der Waals surface area contributed by atoms with Crippen LogP contribution >= 0.6 is 0 Å². The highest BCUT2D eigenvalue weighted by Crippen LogP contribution is 2.24. The second kappa shape index (κ2) is 3.52. The van der Waals surface area contributed by atoms with Crippen LogP contribution in [-0.4, -0.2) is 23.9 Å². The highest BCUT2D eigenvalue weighted by molar-refractivity contribution is 5.77. The van der Waals surface area contributed by atoms with Gasteiger partial charge >= 0.3 is 0 Å². The molecule has 1 saturated heterocycles. The monoisotopic (exact) mass is 181 g/mol. The molecular weight excluding hydrogens is 162 g/mol. The van der Waals surface area contributed by atoms with Gasteiger partial charge in [0.05, 0.1) is 0 Å². The zero-order chi connectivity index (χ0) is 10.1. The molecule has 1 fully saturated rings. The zero-order valence-electron chi connectivity index (χ0n) is 8.84. The van der Waals surface area contributed by atoms with Crippen molar-refractivity contribution in [2.75, 3.05) is 13.1 Å². The third kappa shape index (κ3) is 2.87. The molecule has 1 heterocycles. The molecule has 1 amide bonds. The van der Waals surface area contributed by atoms with Crippen LogP contribution in [0.1, 0.15) is 27.2 Å². The Morgan fingerprint density at radius 3 is 2.46 bits per heavy atom. The number of amides is 1. The van der Waals surface area contributed by atoms with E-state index in [1.807, 2.05) is 11.0 Å². The summed E-state index contributed by atoms with van der Waals surface area (Å²) in [4.78, 5) is 13.5. The minimum absolute atomic E-state index is 0.107. The molecule has 13 heavy (non-hydrogen) atoms. The average molecular weight is 181 g/mol. The molecule has 1 aliphatic heterocycles. The van der Waals surface area contributed by atoms with E-state index in [4.69, 9.17) is 0 Å². The molecule has 0 aromatic carbocycles. The van der Waals surface area contributed by atoms with Gasteiger partial charge in [-0.3, -0.25) is 4.79 Å². The number of carbonyl (C=O) groups excluding carboxylic acids is 1. The summed E-state index contributed by atoms with van der Waals surface area (Å²) < 4.78 is 0. The molecule has 0 aliphatic carbocycles.